The number of benzene rings is 1. The third kappa shape index (κ3) is 3.24. The van der Waals surface area contributed by atoms with E-state index in [4.69, 9.17) is 5.73 Å². The second-order valence-corrected chi connectivity index (χ2v) is 8.42. The van der Waals surface area contributed by atoms with Crippen molar-refractivity contribution in [2.75, 3.05) is 0 Å². The van der Waals surface area contributed by atoms with Crippen molar-refractivity contribution in [3.63, 3.8) is 0 Å². The van der Waals surface area contributed by atoms with Crippen molar-refractivity contribution < 1.29 is 24.6 Å². The minimum atomic E-state index is -1.06. The van der Waals surface area contributed by atoms with Gasteiger partial charge in [-0.2, -0.15) is 13.5 Å². The van der Waals surface area contributed by atoms with Gasteiger partial charge in [-0.3, -0.25) is 9.59 Å². The Morgan fingerprint density at radius 1 is 1.31 bits per heavy atom. The molecule has 0 aromatic heterocycles. The van der Waals surface area contributed by atoms with E-state index in [1.807, 2.05) is 0 Å². The Labute approximate surface area is 161 Å². The summed E-state index contributed by atoms with van der Waals surface area (Å²) in [6, 6.07) is 3.21. The minimum Gasteiger partial charge on any atom is -0.508 e. The van der Waals surface area contributed by atoms with Gasteiger partial charge in [-0.15, -0.1) is 11.8 Å². The zero-order chi connectivity index (χ0) is 18.5. The number of amides is 2. The summed E-state index contributed by atoms with van der Waals surface area (Å²) < 4.78 is -0.648. The van der Waals surface area contributed by atoms with Crippen LogP contribution >= 0.6 is 25.3 Å². The van der Waals surface area contributed by atoms with Gasteiger partial charge >= 0.3 is 5.97 Å². The van der Waals surface area contributed by atoms with Crippen molar-refractivity contribution in [3.05, 3.63) is 29.8 Å². The number of nitrogens with one attached hydrogen (secondary N) is 1. The quantitative estimate of drug-likeness (QED) is 0.529. The Morgan fingerprint density at radius 3 is 2.42 bits per heavy atom. The fraction of sp³-hybridized carbons (Fsp3) is 0.438. The first-order valence-corrected chi connectivity index (χ1v) is 8.59. The summed E-state index contributed by atoms with van der Waals surface area (Å²) in [5, 5.41) is 20.9. The summed E-state index contributed by atoms with van der Waals surface area (Å²) in [7, 11) is 0. The molecule has 2 aliphatic rings. The fourth-order valence-electron chi connectivity index (χ4n) is 3.22. The topological polar surface area (TPSA) is 133 Å². The molecule has 5 N–H and O–H groups in total. The van der Waals surface area contributed by atoms with Gasteiger partial charge in [0.05, 0.1) is 0 Å². The van der Waals surface area contributed by atoms with Crippen LogP contribution in [0.15, 0.2) is 24.3 Å². The molecule has 0 radical (unpaired) electrons. The van der Waals surface area contributed by atoms with E-state index in [-0.39, 0.29) is 19.2 Å². The molecular formula is C16H21N3O5S2. The molecular weight excluding hydrogens is 378 g/mol. The summed E-state index contributed by atoms with van der Waals surface area (Å²) in [5.74, 6) is -1.94. The smallest absolute Gasteiger partial charge is 0.327 e. The van der Waals surface area contributed by atoms with Crippen LogP contribution in [0.3, 0.4) is 0 Å². The first-order chi connectivity index (χ1) is 11.6. The average molecular weight is 399 g/mol. The molecule has 1 aromatic rings. The van der Waals surface area contributed by atoms with Crippen molar-refractivity contribution in [3.8, 4) is 5.75 Å². The number of carbonyl (C=O) groups excluding carboxylic acids is 2. The minimum absolute atomic E-state index is 0. The zero-order valence-electron chi connectivity index (χ0n) is 14.2. The molecule has 2 amide bonds. The van der Waals surface area contributed by atoms with Gasteiger partial charge in [-0.25, -0.2) is 4.79 Å². The molecule has 2 heterocycles. The van der Waals surface area contributed by atoms with E-state index >= 15 is 0 Å². The molecule has 0 bridgehead atoms. The summed E-state index contributed by atoms with van der Waals surface area (Å²) in [6.45, 7) is 3.53. The van der Waals surface area contributed by atoms with E-state index in [0.29, 0.717) is 5.56 Å². The highest BCUT2D eigenvalue weighted by molar-refractivity contribution is 8.01. The summed E-state index contributed by atoms with van der Waals surface area (Å²) >= 11 is 1.35. The maximum atomic E-state index is 12.3. The van der Waals surface area contributed by atoms with Crippen LogP contribution < -0.4 is 11.1 Å². The van der Waals surface area contributed by atoms with Gasteiger partial charge in [0.15, 0.2) is 0 Å². The van der Waals surface area contributed by atoms with Crippen molar-refractivity contribution >= 4 is 43.0 Å². The molecule has 8 nitrogen and oxygen atoms in total. The van der Waals surface area contributed by atoms with Crippen LogP contribution in [0, 0.1) is 0 Å². The van der Waals surface area contributed by atoms with E-state index in [2.05, 4.69) is 5.32 Å². The number of aromatic hydroxyl groups is 1. The van der Waals surface area contributed by atoms with Gasteiger partial charge in [0.25, 0.3) is 0 Å². The maximum Gasteiger partial charge on any atom is 0.327 e. The lowest BCUT2D eigenvalue weighted by atomic mass is 9.95. The van der Waals surface area contributed by atoms with Crippen LogP contribution in [-0.2, 0) is 14.4 Å². The number of hydrogen-bond donors (Lipinski definition) is 4. The number of thioether (sulfide) groups is 1. The number of β-lactam (4-membered cyclic amide) rings is 1. The van der Waals surface area contributed by atoms with Gasteiger partial charge in [0.2, 0.25) is 11.8 Å². The third-order valence-corrected chi connectivity index (χ3v) is 6.08. The molecule has 2 fully saturated rings. The lowest BCUT2D eigenvalue weighted by Crippen LogP contribution is -2.71. The van der Waals surface area contributed by atoms with E-state index in [1.165, 1.54) is 40.9 Å². The molecule has 0 aliphatic carbocycles. The van der Waals surface area contributed by atoms with Crippen molar-refractivity contribution in [2.24, 2.45) is 5.73 Å². The number of fused-ring (bicyclic) bond motifs is 1. The largest absolute Gasteiger partial charge is 0.508 e. The average Bonchev–Trinajstić information content (AvgIpc) is 2.80. The predicted octanol–water partition coefficient (Wildman–Crippen LogP) is 0.137. The Morgan fingerprint density at radius 2 is 1.88 bits per heavy atom. The highest BCUT2D eigenvalue weighted by atomic mass is 32.2. The Balaban J connectivity index is 0.00000243. The van der Waals surface area contributed by atoms with Gasteiger partial charge < -0.3 is 26.2 Å². The number of carboxylic acids is 1. The number of hydrogen-bond acceptors (Lipinski definition) is 6. The molecule has 4 atom stereocenters. The molecule has 10 heteroatoms. The number of nitrogens with two attached hydrogens (primary N) is 1. The Kier molecular flexibility index (Phi) is 5.50. The lowest BCUT2D eigenvalue weighted by molar-refractivity contribution is -0.161. The molecule has 2 saturated heterocycles. The number of rotatable bonds is 4. The molecule has 2 aliphatic heterocycles. The van der Waals surface area contributed by atoms with Crippen molar-refractivity contribution in [1.29, 1.82) is 0 Å². The molecule has 1 aromatic carbocycles. The van der Waals surface area contributed by atoms with E-state index < -0.39 is 46.0 Å². The standard InChI is InChI=1S/C16H19N3O5S.H2S/c1-16(2)11(15(23)24)19-13(22)10(14(19)25-16)18-12(21)9(17)7-3-5-8(20)6-4-7;/h3-6,9-11,14,20H,17H2,1-2H3,(H,18,21)(H,23,24);1H2/t9-,10-,11+,14-;/m1./s1. The number of phenolic OH excluding ortho intramolecular Hbond substituents is 1. The van der Waals surface area contributed by atoms with Crippen LogP contribution in [0.4, 0.5) is 0 Å². The van der Waals surface area contributed by atoms with E-state index in [1.54, 1.807) is 13.8 Å². The van der Waals surface area contributed by atoms with Gasteiger partial charge in [-0.1, -0.05) is 12.1 Å². The van der Waals surface area contributed by atoms with Crippen molar-refractivity contribution in [1.82, 2.24) is 10.2 Å². The molecule has 26 heavy (non-hydrogen) atoms. The maximum absolute atomic E-state index is 12.3. The van der Waals surface area contributed by atoms with Crippen LogP contribution in [0.5, 0.6) is 5.75 Å². The van der Waals surface area contributed by atoms with Gasteiger partial charge in [0.1, 0.15) is 29.2 Å². The van der Waals surface area contributed by atoms with Crippen LogP contribution in [0.1, 0.15) is 25.5 Å². The van der Waals surface area contributed by atoms with Crippen LogP contribution in [0.2, 0.25) is 0 Å². The third-order valence-electron chi connectivity index (χ3n) is 4.51. The van der Waals surface area contributed by atoms with E-state index in [0.717, 1.165) is 0 Å². The Bertz CT molecular complexity index is 740. The number of aliphatic carboxylic acids is 1. The number of nitrogens with zero attached hydrogens (tertiary/aromatic N) is 1. The van der Waals surface area contributed by atoms with Crippen molar-refractivity contribution in [2.45, 2.75) is 42.1 Å². The van der Waals surface area contributed by atoms with Crippen LogP contribution in [-0.4, -0.2) is 55.1 Å². The molecule has 0 saturated carbocycles. The van der Waals surface area contributed by atoms with E-state index in [9.17, 15) is 24.6 Å². The molecule has 142 valence electrons. The molecule has 0 unspecified atom stereocenters. The fourth-order valence-corrected chi connectivity index (χ4v) is 4.85. The number of carboxylic acid groups (broad SMARTS) is 1. The lowest BCUT2D eigenvalue weighted by Gasteiger charge is -2.43. The monoisotopic (exact) mass is 399 g/mol. The highest BCUT2D eigenvalue weighted by Gasteiger charge is 2.64. The first kappa shape index (κ1) is 20.4. The normalized spacial score (nSPS) is 27.0. The second kappa shape index (κ2) is 7.01. The summed E-state index contributed by atoms with van der Waals surface area (Å²) in [6.07, 6.45) is 0. The number of carbonyl (C=O) groups is 3. The zero-order valence-corrected chi connectivity index (χ0v) is 16.0. The SMILES string of the molecule is CC1(C)S[C@@H]2[C@H](NC(=O)[C@H](N)c3ccc(O)cc3)C(=O)N2[C@H]1C(=O)O.S. The van der Waals surface area contributed by atoms with Gasteiger partial charge in [-0.05, 0) is 31.5 Å². The molecule has 3 rings (SSSR count). The molecule has 0 spiro atoms. The summed E-state index contributed by atoms with van der Waals surface area (Å²) in [4.78, 5) is 37.5. The Hall–Kier alpha value is -1.91. The second-order valence-electron chi connectivity index (χ2n) is 6.65. The predicted molar refractivity (Wildman–Crippen MR) is 101 cm³/mol. The summed E-state index contributed by atoms with van der Waals surface area (Å²) in [5.41, 5.74) is 6.41. The number of phenols is 1. The first-order valence-electron chi connectivity index (χ1n) is 7.71. The highest BCUT2D eigenvalue weighted by Crippen LogP contribution is 2.50. The van der Waals surface area contributed by atoms with Crippen LogP contribution in [0.25, 0.3) is 0 Å². The van der Waals surface area contributed by atoms with Gasteiger partial charge in [0, 0.05) is 4.75 Å².